The van der Waals surface area contributed by atoms with Crippen LogP contribution < -0.4 is 5.32 Å². The molecular formula is C13H27NO2. The van der Waals surface area contributed by atoms with E-state index in [9.17, 15) is 4.79 Å². The molecule has 3 nitrogen and oxygen atoms in total. The maximum absolute atomic E-state index is 11.7. The Kier molecular flexibility index (Phi) is 6.01. The number of hydrogen-bond acceptors (Lipinski definition) is 2. The first-order valence-corrected chi connectivity index (χ1v) is 5.92. The Morgan fingerprint density at radius 3 is 2.19 bits per heavy atom. The molecule has 0 radical (unpaired) electrons. The summed E-state index contributed by atoms with van der Waals surface area (Å²) in [6.45, 7) is 12.1. The molecule has 0 unspecified atom stereocenters. The zero-order chi connectivity index (χ0) is 12.8. The van der Waals surface area contributed by atoms with Crippen LogP contribution in [0.5, 0.6) is 0 Å². The second-order valence-electron chi connectivity index (χ2n) is 6.42. The van der Waals surface area contributed by atoms with Gasteiger partial charge in [-0.1, -0.05) is 34.6 Å². The molecule has 0 rings (SSSR count). The first-order chi connectivity index (χ1) is 7.16. The van der Waals surface area contributed by atoms with Crippen LogP contribution in [0.1, 0.15) is 47.5 Å². The zero-order valence-electron chi connectivity index (χ0n) is 11.6. The van der Waals surface area contributed by atoms with Crippen molar-refractivity contribution < 1.29 is 9.53 Å². The van der Waals surface area contributed by atoms with Gasteiger partial charge in [0, 0.05) is 20.1 Å². The van der Waals surface area contributed by atoms with E-state index in [0.29, 0.717) is 19.6 Å². The number of amides is 1. The lowest BCUT2D eigenvalue weighted by Crippen LogP contribution is -2.32. The first-order valence-electron chi connectivity index (χ1n) is 5.92. The van der Waals surface area contributed by atoms with Crippen LogP contribution >= 0.6 is 0 Å². The molecule has 0 aromatic heterocycles. The Balaban J connectivity index is 4.00. The van der Waals surface area contributed by atoms with Crippen molar-refractivity contribution in [2.24, 2.45) is 10.8 Å². The molecule has 3 heteroatoms. The van der Waals surface area contributed by atoms with Gasteiger partial charge < -0.3 is 10.1 Å². The van der Waals surface area contributed by atoms with E-state index in [1.165, 1.54) is 0 Å². The van der Waals surface area contributed by atoms with Gasteiger partial charge in [-0.05, 0) is 17.3 Å². The predicted octanol–water partition coefficient (Wildman–Crippen LogP) is 2.60. The van der Waals surface area contributed by atoms with Gasteiger partial charge in [-0.25, -0.2) is 0 Å². The van der Waals surface area contributed by atoms with Crippen molar-refractivity contribution in [2.75, 3.05) is 20.3 Å². The lowest BCUT2D eigenvalue weighted by Gasteiger charge is -2.31. The highest BCUT2D eigenvalue weighted by atomic mass is 16.5. The van der Waals surface area contributed by atoms with Crippen molar-refractivity contribution in [3.63, 3.8) is 0 Å². The van der Waals surface area contributed by atoms with Gasteiger partial charge in [-0.15, -0.1) is 0 Å². The Morgan fingerprint density at radius 1 is 1.19 bits per heavy atom. The Labute approximate surface area is 99.9 Å². The topological polar surface area (TPSA) is 38.3 Å². The molecule has 96 valence electrons. The molecule has 0 saturated carbocycles. The molecule has 0 atom stereocenters. The number of nitrogens with one attached hydrogen (secondary N) is 1. The lowest BCUT2D eigenvalue weighted by molar-refractivity contribution is -0.123. The van der Waals surface area contributed by atoms with E-state index in [4.69, 9.17) is 4.74 Å². The van der Waals surface area contributed by atoms with E-state index in [0.717, 1.165) is 6.42 Å². The van der Waals surface area contributed by atoms with E-state index in [2.05, 4.69) is 39.9 Å². The van der Waals surface area contributed by atoms with Crippen molar-refractivity contribution in [3.05, 3.63) is 0 Å². The molecule has 0 aromatic rings. The van der Waals surface area contributed by atoms with Crippen LogP contribution in [0.4, 0.5) is 0 Å². The van der Waals surface area contributed by atoms with Crippen LogP contribution in [-0.2, 0) is 9.53 Å². The van der Waals surface area contributed by atoms with Crippen LogP contribution in [0.3, 0.4) is 0 Å². The Hall–Kier alpha value is -0.570. The number of methoxy groups -OCH3 is 1. The summed E-state index contributed by atoms with van der Waals surface area (Å²) in [4.78, 5) is 11.7. The average Bonchev–Trinajstić information content (AvgIpc) is 1.98. The summed E-state index contributed by atoms with van der Waals surface area (Å²) in [5, 5.41) is 2.86. The number of ether oxygens (including phenoxy) is 1. The second kappa shape index (κ2) is 6.24. The average molecular weight is 229 g/mol. The lowest BCUT2D eigenvalue weighted by atomic mass is 9.74. The molecule has 0 aromatic carbocycles. The summed E-state index contributed by atoms with van der Waals surface area (Å²) in [6, 6.07) is 0. The highest BCUT2D eigenvalue weighted by Crippen LogP contribution is 2.35. The summed E-state index contributed by atoms with van der Waals surface area (Å²) in [5.74, 6) is 0.117. The van der Waals surface area contributed by atoms with E-state index in [1.54, 1.807) is 7.11 Å². The highest BCUT2D eigenvalue weighted by Gasteiger charge is 2.27. The fourth-order valence-corrected chi connectivity index (χ4v) is 2.29. The van der Waals surface area contributed by atoms with Gasteiger partial charge in [0.2, 0.25) is 5.91 Å². The minimum Gasteiger partial charge on any atom is -0.383 e. The molecule has 0 fully saturated rings. The summed E-state index contributed by atoms with van der Waals surface area (Å²) in [7, 11) is 1.63. The molecule has 0 spiro atoms. The summed E-state index contributed by atoms with van der Waals surface area (Å²) < 4.78 is 4.89. The molecule has 0 saturated heterocycles. The first kappa shape index (κ1) is 15.4. The smallest absolute Gasteiger partial charge is 0.220 e. The van der Waals surface area contributed by atoms with Crippen molar-refractivity contribution >= 4 is 5.91 Å². The molecule has 1 N–H and O–H groups in total. The van der Waals surface area contributed by atoms with Crippen LogP contribution in [0.2, 0.25) is 0 Å². The zero-order valence-corrected chi connectivity index (χ0v) is 11.6. The standard InChI is InChI=1S/C13H27NO2/c1-12(2,3)10-13(4,5)9-11(15)14-7-8-16-6/h7-10H2,1-6H3,(H,14,15). The SMILES string of the molecule is COCCNC(=O)CC(C)(C)CC(C)(C)C. The Bertz CT molecular complexity index is 216. The minimum absolute atomic E-state index is 0.0510. The minimum atomic E-state index is 0.0510. The van der Waals surface area contributed by atoms with Crippen molar-refractivity contribution in [1.29, 1.82) is 0 Å². The summed E-state index contributed by atoms with van der Waals surface area (Å²) in [6.07, 6.45) is 1.62. The fourth-order valence-electron chi connectivity index (χ4n) is 2.29. The van der Waals surface area contributed by atoms with Gasteiger partial charge in [0.05, 0.1) is 6.61 Å². The van der Waals surface area contributed by atoms with E-state index in [-0.39, 0.29) is 16.7 Å². The normalized spacial score (nSPS) is 12.6. The monoisotopic (exact) mass is 229 g/mol. The molecule has 0 aliphatic heterocycles. The van der Waals surface area contributed by atoms with Gasteiger partial charge in [0.1, 0.15) is 0 Å². The van der Waals surface area contributed by atoms with Crippen molar-refractivity contribution in [1.82, 2.24) is 5.32 Å². The maximum Gasteiger partial charge on any atom is 0.220 e. The third kappa shape index (κ3) is 8.72. The van der Waals surface area contributed by atoms with E-state index >= 15 is 0 Å². The molecule has 0 bridgehead atoms. The van der Waals surface area contributed by atoms with Crippen molar-refractivity contribution in [3.8, 4) is 0 Å². The van der Waals surface area contributed by atoms with Gasteiger partial charge >= 0.3 is 0 Å². The molecule has 1 amide bonds. The molecule has 0 heterocycles. The largest absolute Gasteiger partial charge is 0.383 e. The maximum atomic E-state index is 11.7. The summed E-state index contributed by atoms with van der Waals surface area (Å²) in [5.41, 5.74) is 0.311. The molecule has 0 aliphatic carbocycles. The van der Waals surface area contributed by atoms with Crippen molar-refractivity contribution in [2.45, 2.75) is 47.5 Å². The molecule has 16 heavy (non-hydrogen) atoms. The van der Waals surface area contributed by atoms with E-state index in [1.807, 2.05) is 0 Å². The summed E-state index contributed by atoms with van der Waals surface area (Å²) >= 11 is 0. The quantitative estimate of drug-likeness (QED) is 0.711. The predicted molar refractivity (Wildman–Crippen MR) is 67.4 cm³/mol. The number of carbonyl (C=O) groups is 1. The van der Waals surface area contributed by atoms with Crippen LogP contribution in [-0.4, -0.2) is 26.2 Å². The van der Waals surface area contributed by atoms with Gasteiger partial charge in [-0.2, -0.15) is 0 Å². The van der Waals surface area contributed by atoms with Crippen LogP contribution in [0.15, 0.2) is 0 Å². The Morgan fingerprint density at radius 2 is 1.75 bits per heavy atom. The number of rotatable bonds is 6. The third-order valence-electron chi connectivity index (χ3n) is 2.28. The third-order valence-corrected chi connectivity index (χ3v) is 2.28. The van der Waals surface area contributed by atoms with Gasteiger partial charge in [0.25, 0.3) is 0 Å². The fraction of sp³-hybridized carbons (Fsp3) is 0.923. The van der Waals surface area contributed by atoms with E-state index < -0.39 is 0 Å². The van der Waals surface area contributed by atoms with Gasteiger partial charge in [0.15, 0.2) is 0 Å². The van der Waals surface area contributed by atoms with Gasteiger partial charge in [-0.3, -0.25) is 4.79 Å². The second-order valence-corrected chi connectivity index (χ2v) is 6.42. The van der Waals surface area contributed by atoms with Crippen LogP contribution in [0.25, 0.3) is 0 Å². The molecule has 0 aliphatic rings. The van der Waals surface area contributed by atoms with Crippen LogP contribution in [0, 0.1) is 10.8 Å². The molecular weight excluding hydrogens is 202 g/mol. The highest BCUT2D eigenvalue weighted by molar-refractivity contribution is 5.76. The number of carbonyl (C=O) groups excluding carboxylic acids is 1. The number of hydrogen-bond donors (Lipinski definition) is 1.